The SMILES string of the molecule is Cc1ccc(F)cc1NCc1cccc(C(N)=NO)c1. The molecule has 0 aliphatic carbocycles. The third-order valence-corrected chi connectivity index (χ3v) is 3.01. The second-order valence-corrected chi connectivity index (χ2v) is 4.50. The first-order valence-electron chi connectivity index (χ1n) is 6.17. The van der Waals surface area contributed by atoms with E-state index < -0.39 is 0 Å². The largest absolute Gasteiger partial charge is 0.409 e. The molecule has 0 bridgehead atoms. The van der Waals surface area contributed by atoms with Crippen molar-refractivity contribution in [3.05, 3.63) is 65.0 Å². The van der Waals surface area contributed by atoms with E-state index in [2.05, 4.69) is 10.5 Å². The average molecular weight is 273 g/mol. The summed E-state index contributed by atoms with van der Waals surface area (Å²) in [6, 6.07) is 11.9. The van der Waals surface area contributed by atoms with Gasteiger partial charge in [-0.25, -0.2) is 4.39 Å². The number of nitrogens with zero attached hydrogens (tertiary/aromatic N) is 1. The van der Waals surface area contributed by atoms with Crippen LogP contribution in [0.1, 0.15) is 16.7 Å². The molecule has 104 valence electrons. The van der Waals surface area contributed by atoms with Crippen molar-refractivity contribution in [1.82, 2.24) is 0 Å². The van der Waals surface area contributed by atoms with Gasteiger partial charge < -0.3 is 16.3 Å². The van der Waals surface area contributed by atoms with Gasteiger partial charge in [-0.3, -0.25) is 0 Å². The molecule has 2 aromatic rings. The van der Waals surface area contributed by atoms with Crippen LogP contribution in [-0.4, -0.2) is 11.0 Å². The maximum absolute atomic E-state index is 13.2. The van der Waals surface area contributed by atoms with Gasteiger partial charge in [-0.05, 0) is 36.2 Å². The van der Waals surface area contributed by atoms with E-state index in [1.807, 2.05) is 25.1 Å². The fourth-order valence-electron chi connectivity index (χ4n) is 1.88. The van der Waals surface area contributed by atoms with Gasteiger partial charge in [0.25, 0.3) is 0 Å². The molecule has 5 heteroatoms. The van der Waals surface area contributed by atoms with Crippen LogP contribution in [0.25, 0.3) is 0 Å². The van der Waals surface area contributed by atoms with E-state index >= 15 is 0 Å². The molecule has 0 aliphatic heterocycles. The van der Waals surface area contributed by atoms with Crippen LogP contribution in [0.5, 0.6) is 0 Å². The number of rotatable bonds is 4. The van der Waals surface area contributed by atoms with E-state index in [9.17, 15) is 4.39 Å². The van der Waals surface area contributed by atoms with Crippen LogP contribution >= 0.6 is 0 Å². The van der Waals surface area contributed by atoms with Crippen molar-refractivity contribution in [1.29, 1.82) is 0 Å². The number of nitrogens with one attached hydrogen (secondary N) is 1. The normalized spacial score (nSPS) is 11.4. The lowest BCUT2D eigenvalue weighted by atomic mass is 10.1. The third kappa shape index (κ3) is 3.26. The molecule has 20 heavy (non-hydrogen) atoms. The summed E-state index contributed by atoms with van der Waals surface area (Å²) in [5.41, 5.74) is 8.86. The second-order valence-electron chi connectivity index (χ2n) is 4.50. The summed E-state index contributed by atoms with van der Waals surface area (Å²) in [5, 5.41) is 14.8. The van der Waals surface area contributed by atoms with E-state index in [1.54, 1.807) is 12.1 Å². The Bertz CT molecular complexity index is 641. The van der Waals surface area contributed by atoms with E-state index in [0.29, 0.717) is 12.1 Å². The number of nitrogens with two attached hydrogens (primary N) is 1. The van der Waals surface area contributed by atoms with E-state index in [0.717, 1.165) is 16.8 Å². The number of amidine groups is 1. The zero-order valence-electron chi connectivity index (χ0n) is 11.1. The first-order chi connectivity index (χ1) is 9.60. The molecule has 2 rings (SSSR count). The first-order valence-corrected chi connectivity index (χ1v) is 6.17. The molecule has 0 fully saturated rings. The summed E-state index contributed by atoms with van der Waals surface area (Å²) in [7, 11) is 0. The minimum Gasteiger partial charge on any atom is -0.409 e. The van der Waals surface area contributed by atoms with Crippen molar-refractivity contribution in [2.75, 3.05) is 5.32 Å². The fourth-order valence-corrected chi connectivity index (χ4v) is 1.88. The predicted octanol–water partition coefficient (Wildman–Crippen LogP) is 2.84. The molecule has 0 unspecified atom stereocenters. The monoisotopic (exact) mass is 273 g/mol. The molecule has 0 saturated heterocycles. The summed E-state index contributed by atoms with van der Waals surface area (Å²) in [6.07, 6.45) is 0. The highest BCUT2D eigenvalue weighted by molar-refractivity contribution is 5.97. The average Bonchev–Trinajstić information content (AvgIpc) is 2.47. The van der Waals surface area contributed by atoms with Crippen molar-refractivity contribution < 1.29 is 9.60 Å². The number of aryl methyl sites for hydroxylation is 1. The van der Waals surface area contributed by atoms with E-state index in [4.69, 9.17) is 10.9 Å². The summed E-state index contributed by atoms with van der Waals surface area (Å²) < 4.78 is 13.2. The Kier molecular flexibility index (Phi) is 4.20. The highest BCUT2D eigenvalue weighted by Crippen LogP contribution is 2.17. The molecular weight excluding hydrogens is 257 g/mol. The zero-order valence-corrected chi connectivity index (χ0v) is 11.1. The van der Waals surface area contributed by atoms with Gasteiger partial charge in [0.05, 0.1) is 0 Å². The van der Waals surface area contributed by atoms with Crippen LogP contribution in [0, 0.1) is 12.7 Å². The molecule has 0 spiro atoms. The Morgan fingerprint density at radius 1 is 1.30 bits per heavy atom. The Morgan fingerprint density at radius 2 is 2.10 bits per heavy atom. The van der Waals surface area contributed by atoms with Crippen molar-refractivity contribution >= 4 is 11.5 Å². The molecule has 0 amide bonds. The van der Waals surface area contributed by atoms with E-state index in [1.165, 1.54) is 12.1 Å². The van der Waals surface area contributed by atoms with Crippen molar-refractivity contribution in [3.8, 4) is 0 Å². The van der Waals surface area contributed by atoms with Crippen LogP contribution in [0.2, 0.25) is 0 Å². The summed E-state index contributed by atoms with van der Waals surface area (Å²) in [4.78, 5) is 0. The lowest BCUT2D eigenvalue weighted by molar-refractivity contribution is 0.318. The van der Waals surface area contributed by atoms with Crippen molar-refractivity contribution in [2.45, 2.75) is 13.5 Å². The summed E-state index contributed by atoms with van der Waals surface area (Å²) in [5.74, 6) is -0.211. The molecule has 2 aromatic carbocycles. The lowest BCUT2D eigenvalue weighted by Gasteiger charge is -2.10. The van der Waals surface area contributed by atoms with Crippen LogP contribution in [0.4, 0.5) is 10.1 Å². The van der Waals surface area contributed by atoms with E-state index in [-0.39, 0.29) is 11.7 Å². The lowest BCUT2D eigenvalue weighted by Crippen LogP contribution is -2.13. The molecular formula is C15H16FN3O. The minimum atomic E-state index is -0.275. The number of oxime groups is 1. The first kappa shape index (κ1) is 13.9. The van der Waals surface area contributed by atoms with Crippen LogP contribution in [0.15, 0.2) is 47.6 Å². The number of hydrogen-bond acceptors (Lipinski definition) is 3. The standard InChI is InChI=1S/C15H16FN3O/c1-10-5-6-13(16)8-14(10)18-9-11-3-2-4-12(7-11)15(17)19-20/h2-8,18,20H,9H2,1H3,(H2,17,19). The number of benzene rings is 2. The maximum atomic E-state index is 13.2. The number of halogens is 1. The zero-order chi connectivity index (χ0) is 14.5. The predicted molar refractivity (Wildman–Crippen MR) is 77.4 cm³/mol. The second kappa shape index (κ2) is 6.06. The Morgan fingerprint density at radius 3 is 2.85 bits per heavy atom. The third-order valence-electron chi connectivity index (χ3n) is 3.01. The minimum absolute atomic E-state index is 0.0637. The molecule has 0 radical (unpaired) electrons. The Hall–Kier alpha value is -2.56. The molecule has 0 saturated carbocycles. The van der Waals surface area contributed by atoms with Crippen LogP contribution in [0.3, 0.4) is 0 Å². The summed E-state index contributed by atoms with van der Waals surface area (Å²) in [6.45, 7) is 2.44. The highest BCUT2D eigenvalue weighted by atomic mass is 19.1. The molecule has 4 N–H and O–H groups in total. The molecule has 4 nitrogen and oxygen atoms in total. The van der Waals surface area contributed by atoms with Gasteiger partial charge >= 0.3 is 0 Å². The van der Waals surface area contributed by atoms with Crippen molar-refractivity contribution in [2.24, 2.45) is 10.9 Å². The molecule has 0 heterocycles. The van der Waals surface area contributed by atoms with Gasteiger partial charge in [-0.2, -0.15) is 0 Å². The number of anilines is 1. The van der Waals surface area contributed by atoms with Gasteiger partial charge in [0.2, 0.25) is 0 Å². The summed E-state index contributed by atoms with van der Waals surface area (Å²) >= 11 is 0. The smallest absolute Gasteiger partial charge is 0.170 e. The van der Waals surface area contributed by atoms with Crippen molar-refractivity contribution in [3.63, 3.8) is 0 Å². The number of hydrogen-bond donors (Lipinski definition) is 3. The molecule has 0 aliphatic rings. The molecule has 0 atom stereocenters. The highest BCUT2D eigenvalue weighted by Gasteiger charge is 2.03. The van der Waals surface area contributed by atoms with Gasteiger partial charge in [0.1, 0.15) is 5.82 Å². The van der Waals surface area contributed by atoms with Gasteiger partial charge in [-0.1, -0.05) is 29.4 Å². The van der Waals surface area contributed by atoms with Gasteiger partial charge in [0.15, 0.2) is 5.84 Å². The Labute approximate surface area is 116 Å². The van der Waals surface area contributed by atoms with Gasteiger partial charge in [0, 0.05) is 17.8 Å². The topological polar surface area (TPSA) is 70.6 Å². The van der Waals surface area contributed by atoms with Gasteiger partial charge in [-0.15, -0.1) is 0 Å². The van der Waals surface area contributed by atoms with Crippen LogP contribution in [-0.2, 0) is 6.54 Å². The Balaban J connectivity index is 2.13. The van der Waals surface area contributed by atoms with Crippen LogP contribution < -0.4 is 11.1 Å². The fraction of sp³-hybridized carbons (Fsp3) is 0.133. The maximum Gasteiger partial charge on any atom is 0.170 e. The molecule has 0 aromatic heterocycles. The quantitative estimate of drug-likeness (QED) is 0.347.